The summed E-state index contributed by atoms with van der Waals surface area (Å²) in [5.41, 5.74) is 3.46. The van der Waals surface area contributed by atoms with Crippen LogP contribution in [0.5, 0.6) is 16.7 Å². The smallest absolute Gasteiger partial charge is 0.298 e. The molecule has 8 heteroatoms. The standard InChI is InChI=1S/C31H26FN3O3S/c1-37-27-17-14-24(20-28(27)38-31-34-29(35-39-31)19-22-12-15-25(32)16-13-22)30(36)33-26(23-10-6-3-7-11-23)18-21-8-4-2-5-9-21/h2-17,20,26H,18-19H2,1H3,(H,33,36)/t26-/m1/s1. The molecule has 1 amide bonds. The van der Waals surface area contributed by atoms with Crippen LogP contribution in [0.3, 0.4) is 0 Å². The van der Waals surface area contributed by atoms with Crippen molar-refractivity contribution in [1.82, 2.24) is 14.7 Å². The van der Waals surface area contributed by atoms with Gasteiger partial charge in [-0.3, -0.25) is 4.79 Å². The quantitative estimate of drug-likeness (QED) is 0.212. The van der Waals surface area contributed by atoms with Crippen molar-refractivity contribution in [2.45, 2.75) is 18.9 Å². The molecule has 0 spiro atoms. The Morgan fingerprint density at radius 3 is 2.33 bits per heavy atom. The molecule has 0 bridgehead atoms. The zero-order valence-corrected chi connectivity index (χ0v) is 22.0. The van der Waals surface area contributed by atoms with Crippen molar-refractivity contribution in [2.75, 3.05) is 7.11 Å². The lowest BCUT2D eigenvalue weighted by atomic mass is 9.98. The molecule has 0 radical (unpaired) electrons. The Bertz CT molecular complexity index is 1530. The van der Waals surface area contributed by atoms with Gasteiger partial charge in [0, 0.05) is 23.5 Å². The van der Waals surface area contributed by atoms with Gasteiger partial charge in [-0.25, -0.2) is 4.39 Å². The number of rotatable bonds is 10. The van der Waals surface area contributed by atoms with Crippen LogP contribution in [0.2, 0.25) is 0 Å². The van der Waals surface area contributed by atoms with E-state index >= 15 is 0 Å². The molecule has 0 aliphatic rings. The molecule has 0 fully saturated rings. The van der Waals surface area contributed by atoms with Gasteiger partial charge < -0.3 is 14.8 Å². The molecule has 0 aliphatic carbocycles. The summed E-state index contributed by atoms with van der Waals surface area (Å²) in [5.74, 6) is 0.850. The summed E-state index contributed by atoms with van der Waals surface area (Å²) in [5, 5.41) is 3.49. The van der Waals surface area contributed by atoms with Gasteiger partial charge in [0.2, 0.25) is 0 Å². The van der Waals surface area contributed by atoms with Crippen LogP contribution in [0, 0.1) is 5.82 Å². The Morgan fingerprint density at radius 2 is 1.62 bits per heavy atom. The molecule has 39 heavy (non-hydrogen) atoms. The van der Waals surface area contributed by atoms with Crippen LogP contribution in [0.4, 0.5) is 4.39 Å². The number of ether oxygens (including phenoxy) is 2. The molecule has 0 unspecified atom stereocenters. The van der Waals surface area contributed by atoms with Gasteiger partial charge in [-0.15, -0.1) is 0 Å². The van der Waals surface area contributed by atoms with Crippen LogP contribution in [-0.2, 0) is 12.8 Å². The molecule has 4 aromatic carbocycles. The third-order valence-electron chi connectivity index (χ3n) is 6.14. The minimum Gasteiger partial charge on any atom is -0.493 e. The highest BCUT2D eigenvalue weighted by molar-refractivity contribution is 7.07. The van der Waals surface area contributed by atoms with Gasteiger partial charge in [0.05, 0.1) is 13.2 Å². The van der Waals surface area contributed by atoms with E-state index in [0.717, 1.165) is 28.2 Å². The zero-order chi connectivity index (χ0) is 27.0. The second-order valence-electron chi connectivity index (χ2n) is 8.87. The lowest BCUT2D eigenvalue weighted by Crippen LogP contribution is -2.30. The third-order valence-corrected chi connectivity index (χ3v) is 6.77. The van der Waals surface area contributed by atoms with E-state index in [2.05, 4.69) is 14.7 Å². The minimum absolute atomic E-state index is 0.218. The maximum Gasteiger partial charge on any atom is 0.298 e. The van der Waals surface area contributed by atoms with Crippen LogP contribution >= 0.6 is 11.5 Å². The molecular formula is C31H26FN3O3S. The van der Waals surface area contributed by atoms with E-state index in [9.17, 15) is 9.18 Å². The highest BCUT2D eigenvalue weighted by atomic mass is 32.1. The average Bonchev–Trinajstić information content (AvgIpc) is 3.41. The number of benzene rings is 4. The Kier molecular flexibility index (Phi) is 8.23. The van der Waals surface area contributed by atoms with Gasteiger partial charge in [-0.05, 0) is 53.4 Å². The molecule has 0 aliphatic heterocycles. The van der Waals surface area contributed by atoms with E-state index in [1.165, 1.54) is 19.2 Å². The second kappa shape index (κ2) is 12.3. The largest absolute Gasteiger partial charge is 0.493 e. The minimum atomic E-state index is -0.292. The van der Waals surface area contributed by atoms with Crippen molar-refractivity contribution >= 4 is 17.4 Å². The molecule has 5 rings (SSSR count). The Morgan fingerprint density at radius 1 is 0.897 bits per heavy atom. The first-order chi connectivity index (χ1) is 19.1. The Hall–Kier alpha value is -4.56. The average molecular weight is 540 g/mol. The number of nitrogens with one attached hydrogen (secondary N) is 1. The van der Waals surface area contributed by atoms with Gasteiger partial charge in [0.15, 0.2) is 17.3 Å². The molecular weight excluding hydrogens is 513 g/mol. The molecule has 1 atom stereocenters. The van der Waals surface area contributed by atoms with Crippen LogP contribution in [0.1, 0.15) is 38.9 Å². The maximum absolute atomic E-state index is 13.4. The topological polar surface area (TPSA) is 73.3 Å². The lowest BCUT2D eigenvalue weighted by molar-refractivity contribution is 0.0936. The van der Waals surface area contributed by atoms with E-state index in [-0.39, 0.29) is 17.8 Å². The van der Waals surface area contributed by atoms with Crippen LogP contribution in [0.25, 0.3) is 0 Å². The first-order valence-electron chi connectivity index (χ1n) is 12.4. The number of hydrogen-bond acceptors (Lipinski definition) is 6. The Balaban J connectivity index is 1.33. The SMILES string of the molecule is COc1ccc(C(=O)N[C@H](Cc2ccccc2)c2ccccc2)cc1Oc1nc(Cc2ccc(F)cc2)ns1. The van der Waals surface area contributed by atoms with Crippen molar-refractivity contribution in [3.8, 4) is 16.7 Å². The molecule has 1 aromatic heterocycles. The predicted octanol–water partition coefficient (Wildman–Crippen LogP) is 6.78. The summed E-state index contributed by atoms with van der Waals surface area (Å²) < 4.78 is 29.0. The molecule has 196 valence electrons. The van der Waals surface area contributed by atoms with E-state index in [1.54, 1.807) is 30.3 Å². The van der Waals surface area contributed by atoms with Crippen molar-refractivity contribution in [3.63, 3.8) is 0 Å². The first kappa shape index (κ1) is 26.1. The van der Waals surface area contributed by atoms with E-state index in [4.69, 9.17) is 9.47 Å². The first-order valence-corrected chi connectivity index (χ1v) is 13.2. The number of methoxy groups -OCH3 is 1. The zero-order valence-electron chi connectivity index (χ0n) is 21.2. The summed E-state index contributed by atoms with van der Waals surface area (Å²) >= 11 is 1.10. The van der Waals surface area contributed by atoms with Gasteiger partial charge in [-0.1, -0.05) is 72.8 Å². The van der Waals surface area contributed by atoms with Crippen LogP contribution in [0.15, 0.2) is 103 Å². The molecule has 5 aromatic rings. The molecule has 1 N–H and O–H groups in total. The van der Waals surface area contributed by atoms with E-state index < -0.39 is 0 Å². The number of carbonyl (C=O) groups excluding carboxylic acids is 1. The fourth-order valence-electron chi connectivity index (χ4n) is 4.16. The molecule has 0 saturated heterocycles. The summed E-state index contributed by atoms with van der Waals surface area (Å²) in [6, 6.07) is 31.0. The highest BCUT2D eigenvalue weighted by Crippen LogP contribution is 2.33. The van der Waals surface area contributed by atoms with Gasteiger partial charge in [-0.2, -0.15) is 9.36 Å². The fourth-order valence-corrected chi connectivity index (χ4v) is 4.72. The van der Waals surface area contributed by atoms with E-state index in [1.807, 2.05) is 60.7 Å². The summed E-state index contributed by atoms with van der Waals surface area (Å²) in [6.07, 6.45) is 1.10. The van der Waals surface area contributed by atoms with Crippen LogP contribution < -0.4 is 14.8 Å². The number of nitrogens with zero attached hydrogens (tertiary/aromatic N) is 2. The summed E-state index contributed by atoms with van der Waals surface area (Å²) in [4.78, 5) is 17.8. The summed E-state index contributed by atoms with van der Waals surface area (Å²) in [7, 11) is 1.54. The fraction of sp³-hybridized carbons (Fsp3) is 0.129. The van der Waals surface area contributed by atoms with Gasteiger partial charge in [0.25, 0.3) is 11.1 Å². The number of hydrogen-bond donors (Lipinski definition) is 1. The van der Waals surface area contributed by atoms with E-state index in [0.29, 0.717) is 40.9 Å². The third kappa shape index (κ3) is 6.86. The highest BCUT2D eigenvalue weighted by Gasteiger charge is 2.19. The number of halogens is 1. The van der Waals surface area contributed by atoms with Gasteiger partial charge >= 0.3 is 0 Å². The number of aromatic nitrogens is 2. The molecule has 0 saturated carbocycles. The number of amides is 1. The van der Waals surface area contributed by atoms with Gasteiger partial charge in [0.1, 0.15) is 5.82 Å². The van der Waals surface area contributed by atoms with Crippen molar-refractivity contribution < 1.29 is 18.7 Å². The van der Waals surface area contributed by atoms with Crippen LogP contribution in [-0.4, -0.2) is 22.4 Å². The van der Waals surface area contributed by atoms with Crippen molar-refractivity contribution in [3.05, 3.63) is 137 Å². The van der Waals surface area contributed by atoms with Crippen molar-refractivity contribution in [2.24, 2.45) is 0 Å². The normalized spacial score (nSPS) is 11.5. The van der Waals surface area contributed by atoms with Crippen molar-refractivity contribution in [1.29, 1.82) is 0 Å². The lowest BCUT2D eigenvalue weighted by Gasteiger charge is -2.20. The molecule has 6 nitrogen and oxygen atoms in total. The summed E-state index contributed by atoms with van der Waals surface area (Å²) in [6.45, 7) is 0. The molecule has 1 heterocycles. The number of carbonyl (C=O) groups is 1. The monoisotopic (exact) mass is 539 g/mol. The maximum atomic E-state index is 13.4. The second-order valence-corrected chi connectivity index (χ2v) is 9.59. The predicted molar refractivity (Wildman–Crippen MR) is 149 cm³/mol. The Labute approximate surface area is 230 Å².